The molecule has 0 amide bonds. The van der Waals surface area contributed by atoms with Crippen LogP contribution in [-0.4, -0.2) is 6.04 Å². The Labute approximate surface area is 111 Å². The SMILES string of the molecule is Cc1cc(Br)c(NC2CCCC2C)cc1Cl. The molecule has 0 heterocycles. The second-order valence-corrected chi connectivity index (χ2v) is 6.00. The molecular weight excluding hydrogens is 286 g/mol. The Hall–Kier alpha value is -0.210. The van der Waals surface area contributed by atoms with Crippen LogP contribution >= 0.6 is 27.5 Å². The molecule has 0 saturated heterocycles. The third-order valence-electron chi connectivity index (χ3n) is 3.45. The molecule has 2 atom stereocenters. The summed E-state index contributed by atoms with van der Waals surface area (Å²) in [6, 6.07) is 4.69. The molecule has 0 aliphatic heterocycles. The topological polar surface area (TPSA) is 12.0 Å². The van der Waals surface area contributed by atoms with E-state index in [2.05, 4.69) is 34.2 Å². The van der Waals surface area contributed by atoms with Gasteiger partial charge in [0.25, 0.3) is 0 Å². The standard InChI is InChI=1S/C13H17BrClN/c1-8-4-3-5-12(8)16-13-7-11(15)9(2)6-10(13)14/h6-8,12,16H,3-5H2,1-2H3. The molecule has 1 aliphatic carbocycles. The Morgan fingerprint density at radius 2 is 2.12 bits per heavy atom. The van der Waals surface area contributed by atoms with Gasteiger partial charge in [-0.05, 0) is 59.3 Å². The highest BCUT2D eigenvalue weighted by Gasteiger charge is 2.23. The van der Waals surface area contributed by atoms with Crippen molar-refractivity contribution in [2.75, 3.05) is 5.32 Å². The number of benzene rings is 1. The first-order chi connectivity index (χ1) is 7.58. The lowest BCUT2D eigenvalue weighted by atomic mass is 10.1. The smallest absolute Gasteiger partial charge is 0.0502 e. The second-order valence-electron chi connectivity index (χ2n) is 4.74. The van der Waals surface area contributed by atoms with Crippen molar-refractivity contribution in [2.45, 2.75) is 39.2 Å². The molecule has 2 unspecified atom stereocenters. The summed E-state index contributed by atoms with van der Waals surface area (Å²) < 4.78 is 1.11. The van der Waals surface area contributed by atoms with Crippen molar-refractivity contribution in [3.63, 3.8) is 0 Å². The minimum Gasteiger partial charge on any atom is -0.381 e. The van der Waals surface area contributed by atoms with E-state index in [4.69, 9.17) is 11.6 Å². The summed E-state index contributed by atoms with van der Waals surface area (Å²) in [4.78, 5) is 0. The van der Waals surface area contributed by atoms with Crippen molar-refractivity contribution in [1.82, 2.24) is 0 Å². The molecule has 0 spiro atoms. The van der Waals surface area contributed by atoms with E-state index in [0.717, 1.165) is 26.7 Å². The summed E-state index contributed by atoms with van der Waals surface area (Å²) in [5.74, 6) is 0.756. The maximum Gasteiger partial charge on any atom is 0.0502 e. The van der Waals surface area contributed by atoms with Crippen LogP contribution in [0.2, 0.25) is 5.02 Å². The zero-order valence-electron chi connectivity index (χ0n) is 9.69. The van der Waals surface area contributed by atoms with Gasteiger partial charge in [-0.15, -0.1) is 0 Å². The number of nitrogens with one attached hydrogen (secondary N) is 1. The van der Waals surface area contributed by atoms with E-state index >= 15 is 0 Å². The lowest BCUT2D eigenvalue weighted by Crippen LogP contribution is -2.22. The first kappa shape index (κ1) is 12.3. The molecule has 16 heavy (non-hydrogen) atoms. The highest BCUT2D eigenvalue weighted by atomic mass is 79.9. The number of hydrogen-bond acceptors (Lipinski definition) is 1. The Morgan fingerprint density at radius 1 is 1.38 bits per heavy atom. The minimum atomic E-state index is 0.593. The molecule has 1 nitrogen and oxygen atoms in total. The van der Waals surface area contributed by atoms with Crippen LogP contribution in [0, 0.1) is 12.8 Å². The number of aryl methyl sites for hydroxylation is 1. The number of halogens is 2. The average Bonchev–Trinajstić information content (AvgIpc) is 2.61. The summed E-state index contributed by atoms with van der Waals surface area (Å²) in [5, 5.41) is 4.43. The molecule has 0 aromatic heterocycles. The highest BCUT2D eigenvalue weighted by molar-refractivity contribution is 9.10. The van der Waals surface area contributed by atoms with Crippen LogP contribution in [0.3, 0.4) is 0 Å². The van der Waals surface area contributed by atoms with Gasteiger partial charge >= 0.3 is 0 Å². The van der Waals surface area contributed by atoms with Crippen molar-refractivity contribution in [1.29, 1.82) is 0 Å². The lowest BCUT2D eigenvalue weighted by molar-refractivity contribution is 0.556. The predicted octanol–water partition coefficient (Wildman–Crippen LogP) is 5.01. The second kappa shape index (κ2) is 4.97. The Balaban J connectivity index is 2.18. The Morgan fingerprint density at radius 3 is 2.75 bits per heavy atom. The molecule has 88 valence electrons. The third kappa shape index (κ3) is 2.54. The zero-order chi connectivity index (χ0) is 11.7. The van der Waals surface area contributed by atoms with E-state index in [1.807, 2.05) is 13.0 Å². The van der Waals surface area contributed by atoms with Gasteiger partial charge in [0, 0.05) is 15.5 Å². The fourth-order valence-electron chi connectivity index (χ4n) is 2.32. The van der Waals surface area contributed by atoms with Crippen LogP contribution in [0.1, 0.15) is 31.7 Å². The van der Waals surface area contributed by atoms with Crippen molar-refractivity contribution in [2.24, 2.45) is 5.92 Å². The molecule has 3 heteroatoms. The van der Waals surface area contributed by atoms with Crippen LogP contribution in [-0.2, 0) is 0 Å². The molecule has 1 aromatic carbocycles. The van der Waals surface area contributed by atoms with Crippen LogP contribution < -0.4 is 5.32 Å². The summed E-state index contributed by atoms with van der Waals surface area (Å²) >= 11 is 9.73. The molecule has 1 aliphatic rings. The maximum atomic E-state index is 6.15. The quantitative estimate of drug-likeness (QED) is 0.809. The minimum absolute atomic E-state index is 0.593. The van der Waals surface area contributed by atoms with E-state index in [9.17, 15) is 0 Å². The van der Waals surface area contributed by atoms with E-state index in [1.165, 1.54) is 19.3 Å². The molecule has 1 N–H and O–H groups in total. The van der Waals surface area contributed by atoms with E-state index in [-0.39, 0.29) is 0 Å². The normalized spacial score (nSPS) is 24.8. The molecule has 1 aromatic rings. The van der Waals surface area contributed by atoms with Gasteiger partial charge < -0.3 is 5.32 Å². The van der Waals surface area contributed by atoms with Crippen LogP contribution in [0.25, 0.3) is 0 Å². The van der Waals surface area contributed by atoms with Gasteiger partial charge in [-0.2, -0.15) is 0 Å². The third-order valence-corrected chi connectivity index (χ3v) is 4.51. The molecule has 2 rings (SSSR count). The average molecular weight is 303 g/mol. The summed E-state index contributed by atoms with van der Waals surface area (Å²) in [5.41, 5.74) is 2.23. The molecule has 1 fully saturated rings. The molecule has 0 bridgehead atoms. The van der Waals surface area contributed by atoms with Gasteiger partial charge in [0.05, 0.1) is 5.69 Å². The summed E-state index contributed by atoms with van der Waals surface area (Å²) in [6.07, 6.45) is 3.92. The van der Waals surface area contributed by atoms with E-state index < -0.39 is 0 Å². The van der Waals surface area contributed by atoms with Gasteiger partial charge in [0.15, 0.2) is 0 Å². The summed E-state index contributed by atoms with van der Waals surface area (Å²) in [7, 11) is 0. The summed E-state index contributed by atoms with van der Waals surface area (Å²) in [6.45, 7) is 4.34. The van der Waals surface area contributed by atoms with Crippen molar-refractivity contribution >= 4 is 33.2 Å². The monoisotopic (exact) mass is 301 g/mol. The van der Waals surface area contributed by atoms with Gasteiger partial charge in [0.2, 0.25) is 0 Å². The predicted molar refractivity (Wildman–Crippen MR) is 74.3 cm³/mol. The van der Waals surface area contributed by atoms with Gasteiger partial charge in [-0.3, -0.25) is 0 Å². The fourth-order valence-corrected chi connectivity index (χ4v) is 3.05. The van der Waals surface area contributed by atoms with E-state index in [0.29, 0.717) is 6.04 Å². The van der Waals surface area contributed by atoms with E-state index in [1.54, 1.807) is 0 Å². The molecule has 0 radical (unpaired) electrons. The number of anilines is 1. The van der Waals surface area contributed by atoms with Gasteiger partial charge in [-0.25, -0.2) is 0 Å². The first-order valence-corrected chi connectivity index (χ1v) is 6.97. The van der Waals surface area contributed by atoms with Crippen LogP contribution in [0.15, 0.2) is 16.6 Å². The van der Waals surface area contributed by atoms with Gasteiger partial charge in [-0.1, -0.05) is 24.9 Å². The van der Waals surface area contributed by atoms with Crippen LogP contribution in [0.5, 0.6) is 0 Å². The van der Waals surface area contributed by atoms with Crippen molar-refractivity contribution in [3.05, 3.63) is 27.2 Å². The van der Waals surface area contributed by atoms with Gasteiger partial charge in [0.1, 0.15) is 0 Å². The largest absolute Gasteiger partial charge is 0.381 e. The Bertz CT molecular complexity index is 392. The highest BCUT2D eigenvalue weighted by Crippen LogP contribution is 2.33. The first-order valence-electron chi connectivity index (χ1n) is 5.80. The van der Waals surface area contributed by atoms with Crippen LogP contribution in [0.4, 0.5) is 5.69 Å². The van der Waals surface area contributed by atoms with Crippen molar-refractivity contribution < 1.29 is 0 Å². The lowest BCUT2D eigenvalue weighted by Gasteiger charge is -2.20. The zero-order valence-corrected chi connectivity index (χ0v) is 12.0. The Kier molecular flexibility index (Phi) is 3.81. The van der Waals surface area contributed by atoms with Crippen molar-refractivity contribution in [3.8, 4) is 0 Å². The fraction of sp³-hybridized carbons (Fsp3) is 0.538. The number of rotatable bonds is 2. The molecular formula is C13H17BrClN. The number of hydrogen-bond donors (Lipinski definition) is 1. The molecule has 1 saturated carbocycles. The maximum absolute atomic E-state index is 6.15.